The van der Waals surface area contributed by atoms with Crippen molar-refractivity contribution in [2.75, 3.05) is 0 Å². The van der Waals surface area contributed by atoms with E-state index in [0.29, 0.717) is 0 Å². The zero-order chi connectivity index (χ0) is 7.56. The minimum absolute atomic E-state index is 0.894. The first-order chi connectivity index (χ1) is 4.79. The van der Waals surface area contributed by atoms with Gasteiger partial charge in [0, 0.05) is 12.7 Å². The molecule has 0 amide bonds. The monoisotopic (exact) mass is 157 g/mol. The Morgan fingerprint density at radius 3 is 2.50 bits per heavy atom. The number of aromatic nitrogens is 1. The van der Waals surface area contributed by atoms with Crippen LogP contribution in [-0.4, -0.2) is 4.57 Å². The quantitative estimate of drug-likeness (QED) is 0.622. The molecule has 1 nitrogen and oxygen atoms in total. The maximum atomic E-state index is 5.99. The van der Waals surface area contributed by atoms with Crippen LogP contribution in [0.1, 0.15) is 19.4 Å². The van der Waals surface area contributed by atoms with E-state index in [0.717, 1.165) is 18.1 Å². The second-order valence-electron chi connectivity index (χ2n) is 2.27. The van der Waals surface area contributed by atoms with Crippen molar-refractivity contribution in [2.45, 2.75) is 26.8 Å². The maximum absolute atomic E-state index is 5.99. The molecule has 0 spiro atoms. The second-order valence-corrected chi connectivity index (χ2v) is 2.63. The molecule has 2 heteroatoms. The first-order valence-corrected chi connectivity index (χ1v) is 4.00. The zero-order valence-corrected chi connectivity index (χ0v) is 7.15. The molecule has 1 heterocycles. The highest BCUT2D eigenvalue weighted by Crippen LogP contribution is 2.17. The number of hydrogen-bond acceptors (Lipinski definition) is 0. The third kappa shape index (κ3) is 1.19. The van der Waals surface area contributed by atoms with E-state index in [2.05, 4.69) is 19.9 Å². The fraction of sp³-hybridized carbons (Fsp3) is 0.500. The van der Waals surface area contributed by atoms with E-state index in [4.69, 9.17) is 11.6 Å². The molecule has 0 bridgehead atoms. The molecule has 0 radical (unpaired) electrons. The Labute approximate surface area is 66.6 Å². The van der Waals surface area contributed by atoms with Crippen LogP contribution in [0.5, 0.6) is 0 Å². The molecular formula is C8H12ClN. The van der Waals surface area contributed by atoms with Crippen LogP contribution < -0.4 is 0 Å². The first kappa shape index (κ1) is 7.67. The van der Waals surface area contributed by atoms with Crippen LogP contribution in [0.3, 0.4) is 0 Å². The largest absolute Gasteiger partial charge is 0.339 e. The molecule has 0 aromatic carbocycles. The lowest BCUT2D eigenvalue weighted by atomic mass is 10.3. The molecule has 0 fully saturated rings. The zero-order valence-electron chi connectivity index (χ0n) is 6.39. The van der Waals surface area contributed by atoms with Gasteiger partial charge in [0.05, 0.1) is 0 Å². The Morgan fingerprint density at radius 1 is 1.50 bits per heavy atom. The standard InChI is InChI=1S/C8H12ClN/c1-3-7-5-6-10(4-2)8(7)9/h5-6H,3-4H2,1-2H3. The van der Waals surface area contributed by atoms with Gasteiger partial charge in [0.2, 0.25) is 0 Å². The van der Waals surface area contributed by atoms with Crippen molar-refractivity contribution in [2.24, 2.45) is 0 Å². The number of hydrogen-bond donors (Lipinski definition) is 0. The SMILES string of the molecule is CCc1ccn(CC)c1Cl. The number of halogens is 1. The smallest absolute Gasteiger partial charge is 0.112 e. The predicted octanol–water partition coefficient (Wildman–Crippen LogP) is 2.72. The van der Waals surface area contributed by atoms with E-state index < -0.39 is 0 Å². The topological polar surface area (TPSA) is 4.93 Å². The van der Waals surface area contributed by atoms with Crippen molar-refractivity contribution in [1.82, 2.24) is 4.57 Å². The molecule has 10 heavy (non-hydrogen) atoms. The Balaban J connectivity index is 2.97. The molecule has 0 aliphatic heterocycles. The molecule has 0 saturated heterocycles. The van der Waals surface area contributed by atoms with Gasteiger partial charge in [-0.2, -0.15) is 0 Å². The average Bonchev–Trinajstić information content (AvgIpc) is 2.30. The van der Waals surface area contributed by atoms with Crippen LogP contribution in [-0.2, 0) is 13.0 Å². The Hall–Kier alpha value is -0.430. The normalized spacial score (nSPS) is 10.3. The minimum atomic E-state index is 0.894. The van der Waals surface area contributed by atoms with E-state index in [9.17, 15) is 0 Å². The number of aryl methyl sites for hydroxylation is 2. The summed E-state index contributed by atoms with van der Waals surface area (Å²) in [4.78, 5) is 0. The predicted molar refractivity (Wildman–Crippen MR) is 44.5 cm³/mol. The summed E-state index contributed by atoms with van der Waals surface area (Å²) in [6, 6.07) is 2.08. The lowest BCUT2D eigenvalue weighted by Gasteiger charge is -1.98. The van der Waals surface area contributed by atoms with Crippen molar-refractivity contribution in [3.05, 3.63) is 23.0 Å². The van der Waals surface area contributed by atoms with Crippen LogP contribution in [0.4, 0.5) is 0 Å². The molecule has 56 valence electrons. The number of rotatable bonds is 2. The summed E-state index contributed by atoms with van der Waals surface area (Å²) in [6.45, 7) is 5.16. The Bertz CT molecular complexity index is 194. The summed E-state index contributed by atoms with van der Waals surface area (Å²) < 4.78 is 2.04. The van der Waals surface area contributed by atoms with Gasteiger partial charge in [-0.05, 0) is 25.0 Å². The minimum Gasteiger partial charge on any atom is -0.339 e. The van der Waals surface area contributed by atoms with Gasteiger partial charge in [0.1, 0.15) is 5.15 Å². The highest BCUT2D eigenvalue weighted by molar-refractivity contribution is 6.30. The van der Waals surface area contributed by atoms with Crippen LogP contribution in [0.2, 0.25) is 5.15 Å². The van der Waals surface area contributed by atoms with Crippen LogP contribution >= 0.6 is 11.6 Å². The summed E-state index contributed by atoms with van der Waals surface area (Å²) in [5, 5.41) is 0.894. The maximum Gasteiger partial charge on any atom is 0.112 e. The van der Waals surface area contributed by atoms with Gasteiger partial charge in [0.25, 0.3) is 0 Å². The van der Waals surface area contributed by atoms with Crippen molar-refractivity contribution in [1.29, 1.82) is 0 Å². The van der Waals surface area contributed by atoms with E-state index in [1.165, 1.54) is 5.56 Å². The molecule has 0 aliphatic rings. The summed E-state index contributed by atoms with van der Waals surface area (Å²) in [5.41, 5.74) is 1.24. The highest BCUT2D eigenvalue weighted by Gasteiger charge is 2.01. The van der Waals surface area contributed by atoms with Crippen molar-refractivity contribution >= 4 is 11.6 Å². The first-order valence-electron chi connectivity index (χ1n) is 3.63. The average molecular weight is 158 g/mol. The molecule has 1 rings (SSSR count). The molecule has 0 aliphatic carbocycles. The van der Waals surface area contributed by atoms with Gasteiger partial charge >= 0.3 is 0 Å². The summed E-state index contributed by atoms with van der Waals surface area (Å²) in [6.07, 6.45) is 3.05. The molecular weight excluding hydrogens is 146 g/mol. The van der Waals surface area contributed by atoms with Gasteiger partial charge in [0.15, 0.2) is 0 Å². The second kappa shape index (κ2) is 3.11. The van der Waals surface area contributed by atoms with Gasteiger partial charge in [-0.15, -0.1) is 0 Å². The van der Waals surface area contributed by atoms with Crippen molar-refractivity contribution in [3.8, 4) is 0 Å². The fourth-order valence-corrected chi connectivity index (χ4v) is 1.38. The fourth-order valence-electron chi connectivity index (χ4n) is 1.01. The van der Waals surface area contributed by atoms with Crippen molar-refractivity contribution < 1.29 is 0 Å². The van der Waals surface area contributed by atoms with Crippen LogP contribution in [0.25, 0.3) is 0 Å². The lowest BCUT2D eigenvalue weighted by Crippen LogP contribution is -1.91. The van der Waals surface area contributed by atoms with E-state index in [1.807, 2.05) is 10.8 Å². The van der Waals surface area contributed by atoms with Crippen LogP contribution in [0, 0.1) is 0 Å². The molecule has 0 atom stereocenters. The van der Waals surface area contributed by atoms with Crippen LogP contribution in [0.15, 0.2) is 12.3 Å². The van der Waals surface area contributed by atoms with E-state index in [-0.39, 0.29) is 0 Å². The molecule has 0 saturated carbocycles. The van der Waals surface area contributed by atoms with Crippen molar-refractivity contribution in [3.63, 3.8) is 0 Å². The van der Waals surface area contributed by atoms with E-state index >= 15 is 0 Å². The van der Waals surface area contributed by atoms with Gasteiger partial charge in [-0.25, -0.2) is 0 Å². The highest BCUT2D eigenvalue weighted by atomic mass is 35.5. The van der Waals surface area contributed by atoms with Gasteiger partial charge in [-0.3, -0.25) is 0 Å². The summed E-state index contributed by atoms with van der Waals surface area (Å²) >= 11 is 5.99. The number of nitrogens with zero attached hydrogens (tertiary/aromatic N) is 1. The third-order valence-corrected chi connectivity index (χ3v) is 2.15. The van der Waals surface area contributed by atoms with Gasteiger partial charge in [-0.1, -0.05) is 18.5 Å². The van der Waals surface area contributed by atoms with E-state index in [1.54, 1.807) is 0 Å². The summed E-state index contributed by atoms with van der Waals surface area (Å²) in [7, 11) is 0. The Kier molecular flexibility index (Phi) is 2.39. The molecule has 1 aromatic rings. The molecule has 0 N–H and O–H groups in total. The summed E-state index contributed by atoms with van der Waals surface area (Å²) in [5.74, 6) is 0. The molecule has 1 aromatic heterocycles. The van der Waals surface area contributed by atoms with Gasteiger partial charge < -0.3 is 4.57 Å². The molecule has 0 unspecified atom stereocenters. The Morgan fingerprint density at radius 2 is 2.20 bits per heavy atom. The third-order valence-electron chi connectivity index (χ3n) is 1.69. The lowest BCUT2D eigenvalue weighted by molar-refractivity contribution is 0.767.